The Morgan fingerprint density at radius 1 is 1.16 bits per heavy atom. The smallest absolute Gasteiger partial charge is 0.349 e. The molecule has 0 spiro atoms. The second-order valence-electron chi connectivity index (χ2n) is 4.93. The van der Waals surface area contributed by atoms with Gasteiger partial charge in [0.2, 0.25) is 0 Å². The van der Waals surface area contributed by atoms with Gasteiger partial charge in [0.1, 0.15) is 5.69 Å². The van der Waals surface area contributed by atoms with Crippen molar-refractivity contribution in [2.45, 2.75) is 6.18 Å². The molecule has 0 aliphatic rings. The van der Waals surface area contributed by atoms with Crippen LogP contribution in [0.5, 0.6) is 0 Å². The zero-order chi connectivity index (χ0) is 18.4. The quantitative estimate of drug-likeness (QED) is 0.814. The average Bonchev–Trinajstić information content (AvgIpc) is 2.59. The zero-order valence-electron chi connectivity index (χ0n) is 12.9. The van der Waals surface area contributed by atoms with Gasteiger partial charge < -0.3 is 10.6 Å². The molecule has 0 aliphatic carbocycles. The number of amides is 2. The first-order chi connectivity index (χ1) is 11.8. The lowest BCUT2D eigenvalue weighted by molar-refractivity contribution is -0.136. The van der Waals surface area contributed by atoms with Crippen LogP contribution in [0.3, 0.4) is 0 Å². The third-order valence-electron chi connectivity index (χ3n) is 3.14. The first kappa shape index (κ1) is 18.2. The summed E-state index contributed by atoms with van der Waals surface area (Å²) in [6.07, 6.45) is -1.89. The van der Waals surface area contributed by atoms with Crippen molar-refractivity contribution in [3.63, 3.8) is 0 Å². The molecule has 0 unspecified atom stereocenters. The molecule has 2 amide bonds. The van der Waals surface area contributed by atoms with Crippen molar-refractivity contribution in [2.75, 3.05) is 11.9 Å². The Kier molecular flexibility index (Phi) is 5.53. The number of nitrogens with one attached hydrogen (secondary N) is 2. The Bertz CT molecular complexity index is 804. The number of carbonyl (C=O) groups excluding carboxylic acids is 2. The van der Waals surface area contributed by atoms with Gasteiger partial charge in [0, 0.05) is 18.3 Å². The fraction of sp³-hybridized carbons (Fsp3) is 0.118. The lowest BCUT2D eigenvalue weighted by atomic mass is 10.1. The summed E-state index contributed by atoms with van der Waals surface area (Å²) < 4.78 is 38.9. The number of halogens is 3. The van der Waals surface area contributed by atoms with Crippen LogP contribution in [0.2, 0.25) is 0 Å². The van der Waals surface area contributed by atoms with E-state index in [9.17, 15) is 22.8 Å². The van der Waals surface area contributed by atoms with Crippen molar-refractivity contribution >= 4 is 17.5 Å². The predicted octanol–water partition coefficient (Wildman–Crippen LogP) is 3.27. The van der Waals surface area contributed by atoms with E-state index in [2.05, 4.69) is 22.2 Å². The van der Waals surface area contributed by atoms with E-state index in [0.717, 1.165) is 12.1 Å². The van der Waals surface area contributed by atoms with Gasteiger partial charge in [-0.3, -0.25) is 14.6 Å². The number of pyridine rings is 1. The molecule has 0 radical (unpaired) electrons. The van der Waals surface area contributed by atoms with E-state index in [1.54, 1.807) is 0 Å². The van der Waals surface area contributed by atoms with Crippen molar-refractivity contribution in [3.8, 4) is 0 Å². The van der Waals surface area contributed by atoms with Crippen LogP contribution in [-0.2, 0) is 6.18 Å². The fourth-order valence-corrected chi connectivity index (χ4v) is 1.99. The van der Waals surface area contributed by atoms with Gasteiger partial charge in [0.05, 0.1) is 11.3 Å². The molecule has 0 saturated carbocycles. The number of para-hydroxylation sites is 1. The summed E-state index contributed by atoms with van der Waals surface area (Å²) in [6.45, 7) is 3.70. The normalized spacial score (nSPS) is 10.8. The molecule has 0 atom stereocenters. The molecular weight excluding hydrogens is 335 g/mol. The van der Waals surface area contributed by atoms with Crippen molar-refractivity contribution in [1.82, 2.24) is 10.3 Å². The van der Waals surface area contributed by atoms with E-state index < -0.39 is 23.6 Å². The average molecular weight is 349 g/mol. The Balaban J connectivity index is 2.23. The maximum absolute atomic E-state index is 13.0. The highest BCUT2D eigenvalue weighted by Crippen LogP contribution is 2.34. The van der Waals surface area contributed by atoms with Gasteiger partial charge in [0.25, 0.3) is 11.8 Å². The number of anilines is 1. The van der Waals surface area contributed by atoms with E-state index in [0.29, 0.717) is 0 Å². The third-order valence-corrected chi connectivity index (χ3v) is 3.14. The van der Waals surface area contributed by atoms with E-state index >= 15 is 0 Å². The predicted molar refractivity (Wildman–Crippen MR) is 86.2 cm³/mol. The van der Waals surface area contributed by atoms with Crippen LogP contribution in [0.4, 0.5) is 18.9 Å². The molecule has 0 saturated heterocycles. The van der Waals surface area contributed by atoms with Crippen LogP contribution < -0.4 is 10.6 Å². The molecule has 130 valence electrons. The Labute approximate surface area is 141 Å². The van der Waals surface area contributed by atoms with Crippen LogP contribution in [0, 0.1) is 0 Å². The summed E-state index contributed by atoms with van der Waals surface area (Å²) in [7, 11) is 0. The van der Waals surface area contributed by atoms with Gasteiger partial charge in [-0.25, -0.2) is 0 Å². The molecule has 1 heterocycles. The highest BCUT2D eigenvalue weighted by atomic mass is 19.4. The number of rotatable bonds is 5. The second kappa shape index (κ2) is 7.61. The Hall–Kier alpha value is -3.16. The van der Waals surface area contributed by atoms with Crippen LogP contribution in [0.25, 0.3) is 0 Å². The van der Waals surface area contributed by atoms with Gasteiger partial charge >= 0.3 is 6.18 Å². The fourth-order valence-electron chi connectivity index (χ4n) is 1.99. The van der Waals surface area contributed by atoms with Gasteiger partial charge in [0.15, 0.2) is 0 Å². The SMILES string of the molecule is C=CCNC(=O)c1ccnc(C(=O)Nc2ccccc2C(F)(F)F)c1. The first-order valence-corrected chi connectivity index (χ1v) is 7.15. The van der Waals surface area contributed by atoms with Gasteiger partial charge in [-0.1, -0.05) is 18.2 Å². The lowest BCUT2D eigenvalue weighted by Gasteiger charge is -2.13. The van der Waals surface area contributed by atoms with Gasteiger partial charge in [-0.05, 0) is 24.3 Å². The molecule has 5 nitrogen and oxygen atoms in total. The molecule has 2 N–H and O–H groups in total. The van der Waals surface area contributed by atoms with Gasteiger partial charge in [-0.15, -0.1) is 6.58 Å². The summed E-state index contributed by atoms with van der Waals surface area (Å²) in [5.41, 5.74) is -1.37. The lowest BCUT2D eigenvalue weighted by Crippen LogP contribution is -2.24. The summed E-state index contributed by atoms with van der Waals surface area (Å²) in [4.78, 5) is 27.8. The van der Waals surface area contributed by atoms with Crippen molar-refractivity contribution < 1.29 is 22.8 Å². The van der Waals surface area contributed by atoms with Crippen molar-refractivity contribution in [3.05, 3.63) is 72.1 Å². The Morgan fingerprint density at radius 3 is 2.56 bits per heavy atom. The number of carbonyl (C=O) groups is 2. The number of hydrogen-bond donors (Lipinski definition) is 2. The molecule has 0 fully saturated rings. The number of aromatic nitrogens is 1. The number of hydrogen-bond acceptors (Lipinski definition) is 3. The molecule has 2 aromatic rings. The van der Waals surface area contributed by atoms with Crippen LogP contribution >= 0.6 is 0 Å². The summed E-state index contributed by atoms with van der Waals surface area (Å²) in [6, 6.07) is 7.19. The highest BCUT2D eigenvalue weighted by Gasteiger charge is 2.33. The van der Waals surface area contributed by atoms with Gasteiger partial charge in [-0.2, -0.15) is 13.2 Å². The highest BCUT2D eigenvalue weighted by molar-refractivity contribution is 6.05. The number of alkyl halides is 3. The second-order valence-corrected chi connectivity index (χ2v) is 4.93. The number of benzene rings is 1. The van der Waals surface area contributed by atoms with Crippen LogP contribution in [0.1, 0.15) is 26.4 Å². The minimum absolute atomic E-state index is 0.158. The molecule has 25 heavy (non-hydrogen) atoms. The van der Waals surface area contributed by atoms with E-state index in [-0.39, 0.29) is 23.5 Å². The maximum Gasteiger partial charge on any atom is 0.418 e. The molecule has 2 rings (SSSR count). The van der Waals surface area contributed by atoms with Crippen molar-refractivity contribution in [2.24, 2.45) is 0 Å². The molecular formula is C17H14F3N3O2. The molecule has 0 aliphatic heterocycles. The molecule has 0 bridgehead atoms. The Morgan fingerprint density at radius 2 is 1.88 bits per heavy atom. The first-order valence-electron chi connectivity index (χ1n) is 7.15. The molecule has 1 aromatic heterocycles. The summed E-state index contributed by atoms with van der Waals surface area (Å²) >= 11 is 0. The minimum atomic E-state index is -4.61. The van der Waals surface area contributed by atoms with Crippen LogP contribution in [-0.4, -0.2) is 23.3 Å². The van der Waals surface area contributed by atoms with E-state index in [1.807, 2.05) is 0 Å². The number of nitrogens with zero attached hydrogens (tertiary/aromatic N) is 1. The molecule has 1 aromatic carbocycles. The zero-order valence-corrected chi connectivity index (χ0v) is 12.9. The summed E-state index contributed by atoms with van der Waals surface area (Å²) in [5, 5.41) is 4.70. The summed E-state index contributed by atoms with van der Waals surface area (Å²) in [5.74, 6) is -1.30. The standard InChI is InChI=1S/C17H14F3N3O2/c1-2-8-22-15(24)11-7-9-21-14(10-11)16(25)23-13-6-4-3-5-12(13)17(18,19)20/h2-7,9-10H,1,8H2,(H,22,24)(H,23,25). The van der Waals surface area contributed by atoms with Crippen LogP contribution in [0.15, 0.2) is 55.3 Å². The largest absolute Gasteiger partial charge is 0.418 e. The third kappa shape index (κ3) is 4.66. The van der Waals surface area contributed by atoms with E-state index in [1.165, 1.54) is 36.5 Å². The maximum atomic E-state index is 13.0. The minimum Gasteiger partial charge on any atom is -0.349 e. The van der Waals surface area contributed by atoms with E-state index in [4.69, 9.17) is 0 Å². The molecule has 8 heteroatoms. The monoisotopic (exact) mass is 349 g/mol. The topological polar surface area (TPSA) is 71.1 Å². The van der Waals surface area contributed by atoms with Crippen molar-refractivity contribution in [1.29, 1.82) is 0 Å².